The van der Waals surface area contributed by atoms with Crippen molar-refractivity contribution < 1.29 is 4.42 Å². The van der Waals surface area contributed by atoms with E-state index in [-0.39, 0.29) is 12.0 Å². The normalized spacial score (nSPS) is 15.6. The average Bonchev–Trinajstić information content (AvgIpc) is 3.96. The molecular weight excluding hydrogens is 717 g/mol. The molecule has 2 aliphatic rings. The lowest BCUT2D eigenvalue weighted by molar-refractivity contribution is 0.584. The minimum Gasteiger partial charge on any atom is -0.456 e. The van der Waals surface area contributed by atoms with Crippen LogP contribution in [0.1, 0.15) is 22.8 Å². The number of furan rings is 1. The fraction of sp³-hybridized carbons (Fsp3) is 0.0392. The standard InChI is InChI=1S/C51H32N4OS/c1-3-13-31(14-4-1)33-17-11-18-35(29-33)55-40-22-9-7-20-38(40)46-41(55)27-28-43-48(46)47-39(21-12-23-42(47)56-43)51-53-49(32-15-5-2-6-16-32)52-50(54-51)34-25-26-37-36-19-8-10-24-44(36)57-45(37)30-34/h1-30,41,46H. The predicted octanol–water partition coefficient (Wildman–Crippen LogP) is 13.3. The van der Waals surface area contributed by atoms with E-state index in [4.69, 9.17) is 19.4 Å². The van der Waals surface area contributed by atoms with Crippen LogP contribution < -0.4 is 4.90 Å². The number of thiophene rings is 1. The van der Waals surface area contributed by atoms with Crippen LogP contribution in [-0.4, -0.2) is 21.0 Å². The molecule has 10 aromatic rings. The van der Waals surface area contributed by atoms with Crippen molar-refractivity contribution in [2.24, 2.45) is 0 Å². The van der Waals surface area contributed by atoms with E-state index in [0.29, 0.717) is 17.5 Å². The molecule has 2 atom stereocenters. The van der Waals surface area contributed by atoms with Gasteiger partial charge in [-0.15, -0.1) is 11.3 Å². The summed E-state index contributed by atoms with van der Waals surface area (Å²) in [5.41, 5.74) is 10.8. The first-order valence-electron chi connectivity index (χ1n) is 19.3. The zero-order valence-electron chi connectivity index (χ0n) is 30.6. The van der Waals surface area contributed by atoms with Gasteiger partial charge in [-0.1, -0.05) is 140 Å². The summed E-state index contributed by atoms with van der Waals surface area (Å²) in [6.07, 6.45) is 4.47. The molecule has 2 unspecified atom stereocenters. The summed E-state index contributed by atoms with van der Waals surface area (Å²) >= 11 is 1.80. The van der Waals surface area contributed by atoms with Crippen LogP contribution in [0.5, 0.6) is 0 Å². The molecule has 57 heavy (non-hydrogen) atoms. The quantitative estimate of drug-likeness (QED) is 0.175. The summed E-state index contributed by atoms with van der Waals surface area (Å²) in [6.45, 7) is 0. The molecule has 7 aromatic carbocycles. The van der Waals surface area contributed by atoms with E-state index >= 15 is 0 Å². The summed E-state index contributed by atoms with van der Waals surface area (Å²) in [6, 6.07) is 59.9. The van der Waals surface area contributed by atoms with Crippen LogP contribution in [0.4, 0.5) is 11.4 Å². The van der Waals surface area contributed by atoms with Crippen molar-refractivity contribution in [3.8, 4) is 45.3 Å². The van der Waals surface area contributed by atoms with Crippen molar-refractivity contribution in [3.05, 3.63) is 193 Å². The van der Waals surface area contributed by atoms with E-state index in [9.17, 15) is 0 Å². The number of hydrogen-bond donors (Lipinski definition) is 0. The lowest BCUT2D eigenvalue weighted by atomic mass is 9.81. The Morgan fingerprint density at radius 1 is 0.526 bits per heavy atom. The molecule has 0 fully saturated rings. The Morgan fingerprint density at radius 2 is 1.23 bits per heavy atom. The lowest BCUT2D eigenvalue weighted by Gasteiger charge is -2.30. The second-order valence-electron chi connectivity index (χ2n) is 14.7. The first-order valence-corrected chi connectivity index (χ1v) is 20.1. The second kappa shape index (κ2) is 12.7. The fourth-order valence-corrected chi connectivity index (χ4v) is 10.1. The summed E-state index contributed by atoms with van der Waals surface area (Å²) in [7, 11) is 0. The maximum absolute atomic E-state index is 6.73. The lowest BCUT2D eigenvalue weighted by Crippen LogP contribution is -2.30. The highest BCUT2D eigenvalue weighted by molar-refractivity contribution is 7.25. The Bertz CT molecular complexity index is 3220. The van der Waals surface area contributed by atoms with E-state index in [1.54, 1.807) is 11.3 Å². The SMILES string of the molecule is C1=CC2C(c3ccccc3N2c2cccc(-c3ccccc3)c2)c2c1oc1cccc(-c3nc(-c4ccccc4)nc(-c4ccc5c(c4)sc4ccccc45)n3)c21. The number of fused-ring (bicyclic) bond motifs is 10. The molecule has 3 aromatic heterocycles. The first kappa shape index (κ1) is 32.1. The van der Waals surface area contributed by atoms with Gasteiger partial charge in [0.1, 0.15) is 11.3 Å². The Labute approximate surface area is 332 Å². The third-order valence-corrected chi connectivity index (χ3v) is 12.6. The van der Waals surface area contributed by atoms with Crippen molar-refractivity contribution in [2.75, 3.05) is 4.90 Å². The van der Waals surface area contributed by atoms with Gasteiger partial charge in [0.2, 0.25) is 0 Å². The molecule has 1 aliphatic heterocycles. The van der Waals surface area contributed by atoms with Crippen LogP contribution in [-0.2, 0) is 0 Å². The summed E-state index contributed by atoms with van der Waals surface area (Å²) in [5.74, 6) is 2.79. The van der Waals surface area contributed by atoms with Crippen LogP contribution in [0.2, 0.25) is 0 Å². The van der Waals surface area contributed by atoms with Gasteiger partial charge in [0, 0.05) is 65.1 Å². The molecule has 1 aliphatic carbocycles. The number of hydrogen-bond acceptors (Lipinski definition) is 6. The molecule has 5 nitrogen and oxygen atoms in total. The zero-order valence-corrected chi connectivity index (χ0v) is 31.4. The molecule has 0 N–H and O–H groups in total. The van der Waals surface area contributed by atoms with Crippen LogP contribution in [0, 0.1) is 0 Å². The molecule has 0 amide bonds. The molecule has 6 heteroatoms. The fourth-order valence-electron chi connectivity index (χ4n) is 8.97. The van der Waals surface area contributed by atoms with Gasteiger partial charge in [-0.25, -0.2) is 15.0 Å². The monoisotopic (exact) mass is 748 g/mol. The molecule has 0 saturated carbocycles. The van der Waals surface area contributed by atoms with Gasteiger partial charge in [-0.2, -0.15) is 0 Å². The molecule has 268 valence electrons. The highest BCUT2D eigenvalue weighted by Crippen LogP contribution is 2.54. The van der Waals surface area contributed by atoms with Crippen LogP contribution >= 0.6 is 11.3 Å². The summed E-state index contributed by atoms with van der Waals surface area (Å²) in [4.78, 5) is 18.1. The Hall–Kier alpha value is -7.15. The van der Waals surface area contributed by atoms with E-state index < -0.39 is 0 Å². The van der Waals surface area contributed by atoms with E-state index in [0.717, 1.165) is 44.7 Å². The van der Waals surface area contributed by atoms with E-state index in [1.807, 2.05) is 24.3 Å². The number of nitrogens with zero attached hydrogens (tertiary/aromatic N) is 4. The molecule has 0 saturated heterocycles. The van der Waals surface area contributed by atoms with E-state index in [1.165, 1.54) is 42.6 Å². The van der Waals surface area contributed by atoms with Crippen LogP contribution in [0.15, 0.2) is 180 Å². The Morgan fingerprint density at radius 3 is 2.11 bits per heavy atom. The third-order valence-electron chi connectivity index (χ3n) is 11.5. The number of benzene rings is 7. The number of rotatable bonds is 5. The van der Waals surface area contributed by atoms with Crippen LogP contribution in [0.25, 0.3) is 82.5 Å². The van der Waals surface area contributed by atoms with Gasteiger partial charge in [0.15, 0.2) is 17.5 Å². The molecular formula is C51H32N4OS. The Kier molecular flexibility index (Phi) is 7.16. The van der Waals surface area contributed by atoms with E-state index in [2.05, 4.69) is 163 Å². The predicted molar refractivity (Wildman–Crippen MR) is 234 cm³/mol. The van der Waals surface area contributed by atoms with Crippen molar-refractivity contribution in [2.45, 2.75) is 12.0 Å². The van der Waals surface area contributed by atoms with Crippen molar-refractivity contribution >= 4 is 59.9 Å². The van der Waals surface area contributed by atoms with Crippen molar-refractivity contribution in [1.82, 2.24) is 15.0 Å². The molecule has 0 radical (unpaired) electrons. The topological polar surface area (TPSA) is 55.1 Å². The van der Waals surface area contributed by atoms with Gasteiger partial charge in [0.05, 0.1) is 6.04 Å². The molecule has 0 bridgehead atoms. The maximum Gasteiger partial charge on any atom is 0.164 e. The summed E-state index contributed by atoms with van der Waals surface area (Å²) < 4.78 is 9.20. The van der Waals surface area contributed by atoms with Gasteiger partial charge in [0.25, 0.3) is 0 Å². The molecule has 12 rings (SSSR count). The van der Waals surface area contributed by atoms with Gasteiger partial charge in [-0.3, -0.25) is 0 Å². The Balaban J connectivity index is 1.04. The van der Waals surface area contributed by atoms with Gasteiger partial charge < -0.3 is 9.32 Å². The number of para-hydroxylation sites is 1. The second-order valence-corrected chi connectivity index (χ2v) is 15.8. The largest absolute Gasteiger partial charge is 0.456 e. The zero-order chi connectivity index (χ0) is 37.5. The molecule has 0 spiro atoms. The maximum atomic E-state index is 6.73. The number of anilines is 2. The minimum absolute atomic E-state index is 0.0225. The van der Waals surface area contributed by atoms with Gasteiger partial charge >= 0.3 is 0 Å². The first-order chi connectivity index (χ1) is 28.2. The smallest absolute Gasteiger partial charge is 0.164 e. The average molecular weight is 749 g/mol. The minimum atomic E-state index is 0.0225. The highest BCUT2D eigenvalue weighted by Gasteiger charge is 2.44. The van der Waals surface area contributed by atoms with Crippen molar-refractivity contribution in [3.63, 3.8) is 0 Å². The molecule has 4 heterocycles. The van der Waals surface area contributed by atoms with Gasteiger partial charge in [-0.05, 0) is 59.2 Å². The highest BCUT2D eigenvalue weighted by atomic mass is 32.1. The number of aromatic nitrogens is 3. The third kappa shape index (κ3) is 5.11. The van der Waals surface area contributed by atoms with Crippen molar-refractivity contribution in [1.29, 1.82) is 0 Å². The summed E-state index contributed by atoms with van der Waals surface area (Å²) in [5, 5.41) is 3.55. The van der Waals surface area contributed by atoms with Crippen LogP contribution in [0.3, 0.4) is 0 Å².